The summed E-state index contributed by atoms with van der Waals surface area (Å²) < 4.78 is 5.27. The van der Waals surface area contributed by atoms with Crippen molar-refractivity contribution in [3.8, 4) is 0 Å². The lowest BCUT2D eigenvalue weighted by Crippen LogP contribution is -1.91. The second kappa shape index (κ2) is 4.54. The van der Waals surface area contributed by atoms with Crippen molar-refractivity contribution in [2.24, 2.45) is 0 Å². The number of aryl methyl sites for hydroxylation is 1. The molecule has 0 bridgehead atoms. The topological polar surface area (TPSA) is 13.1 Å². The molecule has 0 N–H and O–H groups in total. The van der Waals surface area contributed by atoms with Gasteiger partial charge in [-0.25, -0.2) is 0 Å². The fourth-order valence-corrected chi connectivity index (χ4v) is 1.79. The fourth-order valence-electron chi connectivity index (χ4n) is 1.52. The van der Waals surface area contributed by atoms with Crippen LogP contribution in [0.2, 0.25) is 0 Å². The summed E-state index contributed by atoms with van der Waals surface area (Å²) in [6, 6.07) is 12.1. The Hall–Kier alpha value is -1.21. The van der Waals surface area contributed by atoms with E-state index in [0.717, 1.165) is 17.7 Å². The summed E-state index contributed by atoms with van der Waals surface area (Å²) in [6.45, 7) is 2.14. The molecule has 1 heterocycles. The van der Waals surface area contributed by atoms with Gasteiger partial charge in [0, 0.05) is 0 Å². The largest absolute Gasteiger partial charge is 0.467 e. The molecule has 15 heavy (non-hydrogen) atoms. The molecule has 1 aromatic heterocycles. The number of hydrogen-bond acceptors (Lipinski definition) is 1. The van der Waals surface area contributed by atoms with E-state index in [9.17, 15) is 0 Å². The van der Waals surface area contributed by atoms with Crippen LogP contribution in [0.25, 0.3) is 0 Å². The fraction of sp³-hybridized carbons (Fsp3) is 0.231. The van der Waals surface area contributed by atoms with Crippen molar-refractivity contribution in [3.05, 3.63) is 59.5 Å². The van der Waals surface area contributed by atoms with Crippen LogP contribution in [-0.2, 0) is 6.42 Å². The second-order valence-electron chi connectivity index (χ2n) is 3.47. The van der Waals surface area contributed by atoms with Crippen LogP contribution in [0.3, 0.4) is 0 Å². The number of benzene rings is 1. The van der Waals surface area contributed by atoms with Gasteiger partial charge in [-0.3, -0.25) is 0 Å². The highest BCUT2D eigenvalue weighted by molar-refractivity contribution is 6.22. The Kier molecular flexibility index (Phi) is 3.12. The quantitative estimate of drug-likeness (QED) is 0.708. The molecule has 1 unspecified atom stereocenters. The molecule has 1 atom stereocenters. The maximum atomic E-state index is 6.27. The van der Waals surface area contributed by atoms with E-state index in [0.29, 0.717) is 0 Å². The third kappa shape index (κ3) is 2.24. The minimum absolute atomic E-state index is 0.189. The Morgan fingerprint density at radius 1 is 1.20 bits per heavy atom. The van der Waals surface area contributed by atoms with Crippen molar-refractivity contribution < 1.29 is 4.42 Å². The Morgan fingerprint density at radius 3 is 2.47 bits per heavy atom. The van der Waals surface area contributed by atoms with Gasteiger partial charge >= 0.3 is 0 Å². The molecule has 1 nitrogen and oxygen atoms in total. The summed E-state index contributed by atoms with van der Waals surface area (Å²) in [5.74, 6) is 0.793. The standard InChI is InChI=1S/C13H13ClO/c1-2-10-5-7-11(8-6-10)13(14)12-4-3-9-15-12/h3-9,13H,2H2,1H3. The SMILES string of the molecule is CCc1ccc(C(Cl)c2ccco2)cc1. The zero-order valence-electron chi connectivity index (χ0n) is 8.61. The molecule has 0 aliphatic heterocycles. The van der Waals surface area contributed by atoms with E-state index in [1.165, 1.54) is 5.56 Å². The lowest BCUT2D eigenvalue weighted by atomic mass is 10.1. The Morgan fingerprint density at radius 2 is 1.93 bits per heavy atom. The van der Waals surface area contributed by atoms with Gasteiger partial charge in [-0.2, -0.15) is 0 Å². The van der Waals surface area contributed by atoms with Gasteiger partial charge in [0.1, 0.15) is 11.1 Å². The summed E-state index contributed by atoms with van der Waals surface area (Å²) in [7, 11) is 0. The van der Waals surface area contributed by atoms with Crippen molar-refractivity contribution in [1.29, 1.82) is 0 Å². The number of furan rings is 1. The summed E-state index contributed by atoms with van der Waals surface area (Å²) in [5, 5.41) is -0.189. The van der Waals surface area contributed by atoms with E-state index in [1.54, 1.807) is 6.26 Å². The number of alkyl halides is 1. The van der Waals surface area contributed by atoms with Crippen molar-refractivity contribution in [2.45, 2.75) is 18.7 Å². The average molecular weight is 221 g/mol. The first kappa shape index (κ1) is 10.3. The molecule has 0 saturated carbocycles. The summed E-state index contributed by atoms with van der Waals surface area (Å²) >= 11 is 6.27. The van der Waals surface area contributed by atoms with Crippen molar-refractivity contribution >= 4 is 11.6 Å². The predicted octanol–water partition coefficient (Wildman–Crippen LogP) is 4.17. The molecule has 0 aliphatic rings. The highest BCUT2D eigenvalue weighted by atomic mass is 35.5. The maximum absolute atomic E-state index is 6.27. The highest BCUT2D eigenvalue weighted by Crippen LogP contribution is 2.28. The van der Waals surface area contributed by atoms with Crippen LogP contribution < -0.4 is 0 Å². The van der Waals surface area contributed by atoms with Gasteiger partial charge in [-0.1, -0.05) is 31.2 Å². The molecule has 0 radical (unpaired) electrons. The van der Waals surface area contributed by atoms with Crippen molar-refractivity contribution in [3.63, 3.8) is 0 Å². The van der Waals surface area contributed by atoms with Gasteiger partial charge in [0.2, 0.25) is 0 Å². The Balaban J connectivity index is 2.22. The lowest BCUT2D eigenvalue weighted by molar-refractivity contribution is 0.516. The second-order valence-corrected chi connectivity index (χ2v) is 3.91. The number of halogens is 1. The van der Waals surface area contributed by atoms with Crippen molar-refractivity contribution in [1.82, 2.24) is 0 Å². The first-order valence-corrected chi connectivity index (χ1v) is 5.51. The van der Waals surface area contributed by atoms with Gasteiger partial charge < -0.3 is 4.42 Å². The Labute approximate surface area is 94.7 Å². The van der Waals surface area contributed by atoms with E-state index >= 15 is 0 Å². The molecule has 2 heteroatoms. The zero-order valence-corrected chi connectivity index (χ0v) is 9.37. The first-order chi connectivity index (χ1) is 7.31. The van der Waals surface area contributed by atoms with E-state index < -0.39 is 0 Å². The van der Waals surface area contributed by atoms with E-state index in [4.69, 9.17) is 16.0 Å². The summed E-state index contributed by atoms with van der Waals surface area (Å²) in [6.07, 6.45) is 2.69. The molecule has 0 fully saturated rings. The summed E-state index contributed by atoms with van der Waals surface area (Å²) in [5.41, 5.74) is 2.39. The lowest BCUT2D eigenvalue weighted by Gasteiger charge is -2.07. The number of rotatable bonds is 3. The van der Waals surface area contributed by atoms with E-state index in [2.05, 4.69) is 31.2 Å². The van der Waals surface area contributed by atoms with Gasteiger partial charge in [0.05, 0.1) is 6.26 Å². The average Bonchev–Trinajstić information content (AvgIpc) is 2.82. The molecular formula is C13H13ClO. The predicted molar refractivity (Wildman–Crippen MR) is 62.2 cm³/mol. The van der Waals surface area contributed by atoms with Crippen LogP contribution in [0, 0.1) is 0 Å². The molecule has 0 saturated heterocycles. The maximum Gasteiger partial charge on any atom is 0.126 e. The van der Waals surface area contributed by atoms with Crippen LogP contribution in [0.15, 0.2) is 47.1 Å². The monoisotopic (exact) mass is 220 g/mol. The smallest absolute Gasteiger partial charge is 0.126 e. The van der Waals surface area contributed by atoms with E-state index in [1.807, 2.05) is 12.1 Å². The first-order valence-electron chi connectivity index (χ1n) is 5.07. The van der Waals surface area contributed by atoms with Crippen LogP contribution >= 0.6 is 11.6 Å². The van der Waals surface area contributed by atoms with Crippen LogP contribution in [0.5, 0.6) is 0 Å². The Bertz CT molecular complexity index is 403. The van der Waals surface area contributed by atoms with Crippen molar-refractivity contribution in [2.75, 3.05) is 0 Å². The molecule has 2 rings (SSSR count). The molecule has 1 aromatic carbocycles. The van der Waals surface area contributed by atoms with Crippen LogP contribution in [0.4, 0.5) is 0 Å². The third-order valence-electron chi connectivity index (χ3n) is 2.47. The normalized spacial score (nSPS) is 12.7. The third-order valence-corrected chi connectivity index (χ3v) is 2.94. The zero-order chi connectivity index (χ0) is 10.7. The van der Waals surface area contributed by atoms with E-state index in [-0.39, 0.29) is 5.38 Å². The highest BCUT2D eigenvalue weighted by Gasteiger charge is 2.12. The molecule has 0 amide bonds. The molecule has 78 valence electrons. The molecule has 0 aliphatic carbocycles. The van der Waals surface area contributed by atoms with Crippen LogP contribution in [0.1, 0.15) is 29.2 Å². The minimum atomic E-state index is -0.189. The van der Waals surface area contributed by atoms with Gasteiger partial charge in [0.25, 0.3) is 0 Å². The minimum Gasteiger partial charge on any atom is -0.467 e. The van der Waals surface area contributed by atoms with Gasteiger partial charge in [-0.05, 0) is 29.7 Å². The number of hydrogen-bond donors (Lipinski definition) is 0. The molecule has 2 aromatic rings. The van der Waals surface area contributed by atoms with Crippen LogP contribution in [-0.4, -0.2) is 0 Å². The molecule has 0 spiro atoms. The summed E-state index contributed by atoms with van der Waals surface area (Å²) in [4.78, 5) is 0. The van der Waals surface area contributed by atoms with Gasteiger partial charge in [0.15, 0.2) is 0 Å². The van der Waals surface area contributed by atoms with Gasteiger partial charge in [-0.15, -0.1) is 11.6 Å². The molecular weight excluding hydrogens is 208 g/mol.